The van der Waals surface area contributed by atoms with E-state index >= 15 is 0 Å². The first kappa shape index (κ1) is 20.2. The summed E-state index contributed by atoms with van der Waals surface area (Å²) in [6.45, 7) is 14.7. The van der Waals surface area contributed by atoms with Crippen LogP contribution in [0.2, 0.25) is 0 Å². The van der Waals surface area contributed by atoms with Gasteiger partial charge in [0.25, 0.3) is 0 Å². The molecule has 4 atom stereocenters. The highest BCUT2D eigenvalue weighted by Crippen LogP contribution is 2.60. The van der Waals surface area contributed by atoms with Crippen LogP contribution < -0.4 is 0 Å². The van der Waals surface area contributed by atoms with Crippen molar-refractivity contribution >= 4 is 5.97 Å². The quantitative estimate of drug-likeness (QED) is 0.540. The zero-order chi connectivity index (χ0) is 18.9. The van der Waals surface area contributed by atoms with Crippen molar-refractivity contribution in [3.8, 4) is 0 Å². The van der Waals surface area contributed by atoms with E-state index in [0.29, 0.717) is 30.3 Å². The fraction of sp³-hybridized carbons (Fsp3) is 0.773. The SMILES string of the molecule is C=CC(C)(O)CCC1C(COC(C)=O)=CCC2C(C)(C)CCCC12C. The summed E-state index contributed by atoms with van der Waals surface area (Å²) >= 11 is 0. The Morgan fingerprint density at radius 3 is 2.72 bits per heavy atom. The standard InChI is InChI=1S/C22H36O3/c1-7-21(5,24)14-11-18-17(15-25-16(2)23)9-10-19-20(3,4)12-8-13-22(18,19)6/h7,9,18-19,24H,1,8,10-15H2,2-6H3. The molecule has 0 radical (unpaired) electrons. The molecule has 1 saturated carbocycles. The van der Waals surface area contributed by atoms with Crippen LogP contribution in [-0.2, 0) is 9.53 Å². The molecule has 2 rings (SSSR count). The van der Waals surface area contributed by atoms with Crippen LogP contribution in [0.4, 0.5) is 0 Å². The second-order valence-electron chi connectivity index (χ2n) is 9.35. The van der Waals surface area contributed by atoms with E-state index in [0.717, 1.165) is 12.8 Å². The molecule has 3 heteroatoms. The molecule has 0 aromatic carbocycles. The largest absolute Gasteiger partial charge is 0.461 e. The lowest BCUT2D eigenvalue weighted by molar-refractivity contribution is -0.140. The van der Waals surface area contributed by atoms with Crippen molar-refractivity contribution in [2.24, 2.45) is 22.7 Å². The highest BCUT2D eigenvalue weighted by molar-refractivity contribution is 5.66. The molecule has 25 heavy (non-hydrogen) atoms. The number of aliphatic hydroxyl groups is 1. The molecule has 0 aliphatic heterocycles. The Labute approximate surface area is 153 Å². The van der Waals surface area contributed by atoms with Gasteiger partial charge in [0.1, 0.15) is 6.61 Å². The predicted octanol–water partition coefficient (Wildman–Crippen LogP) is 5.05. The summed E-state index contributed by atoms with van der Waals surface area (Å²) in [6, 6.07) is 0. The molecule has 0 saturated heterocycles. The Bertz CT molecular complexity index is 543. The van der Waals surface area contributed by atoms with Gasteiger partial charge in [0.2, 0.25) is 0 Å². The first-order valence-corrected chi connectivity index (χ1v) is 9.70. The van der Waals surface area contributed by atoms with Crippen molar-refractivity contribution in [1.29, 1.82) is 0 Å². The molecule has 0 spiro atoms. The molecule has 3 nitrogen and oxygen atoms in total. The van der Waals surface area contributed by atoms with Crippen molar-refractivity contribution in [3.63, 3.8) is 0 Å². The van der Waals surface area contributed by atoms with Crippen LogP contribution in [0.5, 0.6) is 0 Å². The third kappa shape index (κ3) is 4.36. The van der Waals surface area contributed by atoms with Gasteiger partial charge in [-0.2, -0.15) is 0 Å². The number of esters is 1. The number of rotatable bonds is 6. The van der Waals surface area contributed by atoms with E-state index in [2.05, 4.69) is 33.4 Å². The van der Waals surface area contributed by atoms with Crippen molar-refractivity contribution < 1.29 is 14.6 Å². The maximum Gasteiger partial charge on any atom is 0.302 e. The van der Waals surface area contributed by atoms with Crippen molar-refractivity contribution in [3.05, 3.63) is 24.3 Å². The molecular weight excluding hydrogens is 312 g/mol. The van der Waals surface area contributed by atoms with E-state index in [-0.39, 0.29) is 11.4 Å². The van der Waals surface area contributed by atoms with E-state index < -0.39 is 5.60 Å². The zero-order valence-corrected chi connectivity index (χ0v) is 16.7. The third-order valence-corrected chi connectivity index (χ3v) is 6.96. The van der Waals surface area contributed by atoms with Gasteiger partial charge in [0, 0.05) is 6.92 Å². The molecule has 142 valence electrons. The maximum atomic E-state index is 11.3. The summed E-state index contributed by atoms with van der Waals surface area (Å²) < 4.78 is 5.36. The average Bonchev–Trinajstić information content (AvgIpc) is 2.50. The minimum absolute atomic E-state index is 0.198. The molecule has 0 amide bonds. The average molecular weight is 349 g/mol. The highest BCUT2D eigenvalue weighted by Gasteiger charge is 2.52. The topological polar surface area (TPSA) is 46.5 Å². The Morgan fingerprint density at radius 1 is 1.44 bits per heavy atom. The van der Waals surface area contributed by atoms with Crippen LogP contribution in [0.15, 0.2) is 24.3 Å². The zero-order valence-electron chi connectivity index (χ0n) is 16.7. The molecule has 0 aromatic rings. The molecule has 0 bridgehead atoms. The van der Waals surface area contributed by atoms with Gasteiger partial charge in [-0.25, -0.2) is 0 Å². The fourth-order valence-corrected chi connectivity index (χ4v) is 5.40. The fourth-order valence-electron chi connectivity index (χ4n) is 5.40. The number of hydrogen-bond donors (Lipinski definition) is 1. The molecular formula is C22H36O3. The van der Waals surface area contributed by atoms with E-state index in [1.165, 1.54) is 31.8 Å². The van der Waals surface area contributed by atoms with Gasteiger partial charge >= 0.3 is 5.97 Å². The van der Waals surface area contributed by atoms with Gasteiger partial charge in [-0.1, -0.05) is 39.3 Å². The number of hydrogen-bond acceptors (Lipinski definition) is 3. The lowest BCUT2D eigenvalue weighted by atomic mass is 9.48. The first-order chi connectivity index (χ1) is 11.5. The smallest absolute Gasteiger partial charge is 0.302 e. The minimum atomic E-state index is -0.847. The first-order valence-electron chi connectivity index (χ1n) is 9.70. The monoisotopic (exact) mass is 348 g/mol. The molecule has 2 aliphatic carbocycles. The molecule has 0 aromatic heterocycles. The van der Waals surface area contributed by atoms with Crippen LogP contribution in [0, 0.1) is 22.7 Å². The van der Waals surface area contributed by atoms with E-state index in [9.17, 15) is 9.90 Å². The molecule has 4 unspecified atom stereocenters. The van der Waals surface area contributed by atoms with E-state index in [4.69, 9.17) is 4.74 Å². The predicted molar refractivity (Wildman–Crippen MR) is 102 cm³/mol. The van der Waals surface area contributed by atoms with Gasteiger partial charge in [0.05, 0.1) is 5.60 Å². The molecule has 1 fully saturated rings. The van der Waals surface area contributed by atoms with Gasteiger partial charge in [0.15, 0.2) is 0 Å². The normalized spacial score (nSPS) is 33.6. The second-order valence-corrected chi connectivity index (χ2v) is 9.35. The van der Waals surface area contributed by atoms with Crippen LogP contribution in [-0.4, -0.2) is 23.3 Å². The summed E-state index contributed by atoms with van der Waals surface area (Å²) in [5.41, 5.74) is 0.922. The Kier molecular flexibility index (Phi) is 5.88. The Hall–Kier alpha value is -1.09. The van der Waals surface area contributed by atoms with Crippen LogP contribution >= 0.6 is 0 Å². The highest BCUT2D eigenvalue weighted by atomic mass is 16.5. The Morgan fingerprint density at radius 2 is 2.12 bits per heavy atom. The van der Waals surface area contributed by atoms with Gasteiger partial charge < -0.3 is 9.84 Å². The number of ether oxygens (including phenoxy) is 1. The lowest BCUT2D eigenvalue weighted by Crippen LogP contribution is -2.49. The van der Waals surface area contributed by atoms with Crippen LogP contribution in [0.1, 0.15) is 73.1 Å². The summed E-state index contributed by atoms with van der Waals surface area (Å²) in [5, 5.41) is 10.4. The van der Waals surface area contributed by atoms with Gasteiger partial charge in [-0.05, 0) is 67.3 Å². The molecule has 0 heterocycles. The number of carbonyl (C=O) groups excluding carboxylic acids is 1. The van der Waals surface area contributed by atoms with Crippen LogP contribution in [0.25, 0.3) is 0 Å². The van der Waals surface area contributed by atoms with Gasteiger partial charge in [-0.15, -0.1) is 6.58 Å². The minimum Gasteiger partial charge on any atom is -0.461 e. The summed E-state index contributed by atoms with van der Waals surface area (Å²) in [6.07, 6.45) is 10.3. The maximum absolute atomic E-state index is 11.3. The Balaban J connectivity index is 2.30. The van der Waals surface area contributed by atoms with Gasteiger partial charge in [-0.3, -0.25) is 4.79 Å². The summed E-state index contributed by atoms with van der Waals surface area (Å²) in [4.78, 5) is 11.3. The van der Waals surface area contributed by atoms with Crippen molar-refractivity contribution in [2.75, 3.05) is 6.61 Å². The van der Waals surface area contributed by atoms with Crippen molar-refractivity contribution in [2.45, 2.75) is 78.7 Å². The molecule has 2 aliphatic rings. The second kappa shape index (κ2) is 7.26. The summed E-state index contributed by atoms with van der Waals surface area (Å²) in [5.74, 6) is 0.749. The lowest BCUT2D eigenvalue weighted by Gasteiger charge is -2.57. The van der Waals surface area contributed by atoms with E-state index in [1.54, 1.807) is 6.08 Å². The number of carbonyl (C=O) groups is 1. The number of allylic oxidation sites excluding steroid dienone is 1. The van der Waals surface area contributed by atoms with E-state index in [1.807, 2.05) is 6.92 Å². The van der Waals surface area contributed by atoms with Crippen LogP contribution in [0.3, 0.4) is 0 Å². The summed E-state index contributed by atoms with van der Waals surface area (Å²) in [7, 11) is 0. The molecule has 1 N–H and O–H groups in total. The van der Waals surface area contributed by atoms with Crippen molar-refractivity contribution in [1.82, 2.24) is 0 Å². The number of fused-ring (bicyclic) bond motifs is 1. The third-order valence-electron chi connectivity index (χ3n) is 6.96.